The molecule has 0 fully saturated rings. The van der Waals surface area contributed by atoms with Crippen LogP contribution in [0.1, 0.15) is 5.56 Å². The number of aromatic nitrogens is 2. The second kappa shape index (κ2) is 8.14. The number of alkyl halides is 3. The molecule has 0 unspecified atom stereocenters. The van der Waals surface area contributed by atoms with Crippen LogP contribution in [0.3, 0.4) is 0 Å². The van der Waals surface area contributed by atoms with Gasteiger partial charge in [0.1, 0.15) is 11.5 Å². The van der Waals surface area contributed by atoms with Gasteiger partial charge < -0.3 is 14.0 Å². The number of nitrogens with zero attached hydrogens (tertiary/aromatic N) is 2. The third kappa shape index (κ3) is 4.37. The topological polar surface area (TPSA) is 57.4 Å². The second-order valence-electron chi connectivity index (χ2n) is 6.70. The molecule has 0 radical (unpaired) electrons. The van der Waals surface area contributed by atoms with Gasteiger partial charge >= 0.3 is 6.36 Å². The molecule has 31 heavy (non-hydrogen) atoms. The van der Waals surface area contributed by atoms with Crippen LogP contribution >= 0.6 is 0 Å². The van der Waals surface area contributed by atoms with Crippen LogP contribution in [0.15, 0.2) is 71.3 Å². The highest BCUT2D eigenvalue weighted by molar-refractivity contribution is 5.76. The molecule has 4 rings (SSSR count). The summed E-state index contributed by atoms with van der Waals surface area (Å²) in [4.78, 5) is 4.27. The van der Waals surface area contributed by atoms with Crippen LogP contribution in [-0.2, 0) is 0 Å². The Balaban J connectivity index is 1.67. The zero-order valence-corrected chi connectivity index (χ0v) is 16.6. The van der Waals surface area contributed by atoms with E-state index in [0.29, 0.717) is 5.56 Å². The van der Waals surface area contributed by atoms with Gasteiger partial charge in [0, 0.05) is 11.1 Å². The molecule has 0 aliphatic rings. The summed E-state index contributed by atoms with van der Waals surface area (Å²) in [5.74, 6) is 0.539. The van der Waals surface area contributed by atoms with E-state index in [-0.39, 0.29) is 17.3 Å². The standard InChI is InChI=1S/C23H17F3N2O3/c1-14-13-15(11-12-16(14)17-7-3-5-9-19(17)29-2)22-27-21(28-31-22)18-8-4-6-10-20(18)30-23(24,25)26/h3-13H,1-2H3. The Hall–Kier alpha value is -3.81. The predicted octanol–water partition coefficient (Wildman–Crippen LogP) is 6.29. The lowest BCUT2D eigenvalue weighted by Gasteiger charge is -2.11. The van der Waals surface area contributed by atoms with Gasteiger partial charge in [-0.3, -0.25) is 0 Å². The molecule has 0 aliphatic heterocycles. The summed E-state index contributed by atoms with van der Waals surface area (Å²) in [6.45, 7) is 1.94. The maximum absolute atomic E-state index is 12.7. The van der Waals surface area contributed by atoms with Crippen LogP contribution in [0.4, 0.5) is 13.2 Å². The van der Waals surface area contributed by atoms with E-state index in [1.165, 1.54) is 18.2 Å². The summed E-state index contributed by atoms with van der Waals surface area (Å²) >= 11 is 0. The maximum atomic E-state index is 12.7. The third-order valence-corrected chi connectivity index (χ3v) is 4.65. The van der Waals surface area contributed by atoms with Crippen molar-refractivity contribution in [2.45, 2.75) is 13.3 Å². The molecule has 4 aromatic rings. The van der Waals surface area contributed by atoms with Gasteiger partial charge in [-0.05, 0) is 48.4 Å². The largest absolute Gasteiger partial charge is 0.573 e. The van der Waals surface area contributed by atoms with Crippen LogP contribution in [0, 0.1) is 6.92 Å². The predicted molar refractivity (Wildman–Crippen MR) is 109 cm³/mol. The van der Waals surface area contributed by atoms with E-state index in [1.54, 1.807) is 13.2 Å². The van der Waals surface area contributed by atoms with Crippen molar-refractivity contribution in [3.05, 3.63) is 72.3 Å². The highest BCUT2D eigenvalue weighted by atomic mass is 19.4. The van der Waals surface area contributed by atoms with E-state index in [9.17, 15) is 13.2 Å². The Morgan fingerprint density at radius 3 is 2.19 bits per heavy atom. The number of hydrogen-bond donors (Lipinski definition) is 0. The molecule has 5 nitrogen and oxygen atoms in total. The van der Waals surface area contributed by atoms with Crippen LogP contribution in [0.25, 0.3) is 34.0 Å². The number of methoxy groups -OCH3 is 1. The first kappa shape index (κ1) is 20.5. The molecule has 0 N–H and O–H groups in total. The molecule has 0 spiro atoms. The second-order valence-corrected chi connectivity index (χ2v) is 6.70. The SMILES string of the molecule is COc1ccccc1-c1ccc(-c2nc(-c3ccccc3OC(F)(F)F)no2)cc1C. The van der Waals surface area contributed by atoms with Crippen molar-refractivity contribution in [1.29, 1.82) is 0 Å². The number of ether oxygens (including phenoxy) is 2. The van der Waals surface area contributed by atoms with Gasteiger partial charge in [0.2, 0.25) is 5.82 Å². The normalized spacial score (nSPS) is 11.4. The summed E-state index contributed by atoms with van der Waals surface area (Å²) < 4.78 is 52.9. The van der Waals surface area contributed by atoms with Gasteiger partial charge in [-0.2, -0.15) is 4.98 Å². The molecular formula is C23H17F3N2O3. The molecule has 8 heteroatoms. The van der Waals surface area contributed by atoms with E-state index in [4.69, 9.17) is 9.26 Å². The minimum absolute atomic E-state index is 0.00121. The summed E-state index contributed by atoms with van der Waals surface area (Å²) in [5, 5.41) is 3.84. The van der Waals surface area contributed by atoms with Crippen molar-refractivity contribution in [1.82, 2.24) is 10.1 Å². The Kier molecular flexibility index (Phi) is 5.37. The third-order valence-electron chi connectivity index (χ3n) is 4.65. The zero-order chi connectivity index (χ0) is 22.0. The van der Waals surface area contributed by atoms with E-state index in [2.05, 4.69) is 14.9 Å². The van der Waals surface area contributed by atoms with Gasteiger partial charge in [-0.25, -0.2) is 0 Å². The minimum atomic E-state index is -4.83. The highest BCUT2D eigenvalue weighted by Gasteiger charge is 2.32. The Morgan fingerprint density at radius 2 is 1.52 bits per heavy atom. The fraction of sp³-hybridized carbons (Fsp3) is 0.130. The summed E-state index contributed by atoms with van der Waals surface area (Å²) in [7, 11) is 1.61. The zero-order valence-electron chi connectivity index (χ0n) is 16.6. The van der Waals surface area contributed by atoms with E-state index >= 15 is 0 Å². The molecule has 158 valence electrons. The lowest BCUT2D eigenvalue weighted by Crippen LogP contribution is -2.17. The molecule has 1 aromatic heterocycles. The Labute approximate surface area is 176 Å². The molecule has 1 heterocycles. The summed E-state index contributed by atoms with van der Waals surface area (Å²) in [6.07, 6.45) is -4.83. The molecule has 3 aromatic carbocycles. The van der Waals surface area contributed by atoms with Crippen LogP contribution < -0.4 is 9.47 Å². The molecular weight excluding hydrogens is 409 g/mol. The number of rotatable bonds is 5. The van der Waals surface area contributed by atoms with E-state index in [0.717, 1.165) is 22.4 Å². The first-order chi connectivity index (χ1) is 14.9. The fourth-order valence-corrected chi connectivity index (χ4v) is 3.28. The van der Waals surface area contributed by atoms with Gasteiger partial charge in [-0.1, -0.05) is 41.6 Å². The van der Waals surface area contributed by atoms with Gasteiger partial charge in [-0.15, -0.1) is 13.2 Å². The van der Waals surface area contributed by atoms with Crippen molar-refractivity contribution in [3.63, 3.8) is 0 Å². The quantitative estimate of drug-likeness (QED) is 0.376. The number of aryl methyl sites for hydroxylation is 1. The van der Waals surface area contributed by atoms with Gasteiger partial charge in [0.25, 0.3) is 5.89 Å². The summed E-state index contributed by atoms with van der Waals surface area (Å²) in [5.41, 5.74) is 3.59. The lowest BCUT2D eigenvalue weighted by molar-refractivity contribution is -0.274. The van der Waals surface area contributed by atoms with Crippen molar-refractivity contribution < 1.29 is 27.2 Å². The molecule has 0 bridgehead atoms. The van der Waals surface area contributed by atoms with Crippen molar-refractivity contribution in [3.8, 4) is 45.5 Å². The number of benzene rings is 3. The summed E-state index contributed by atoms with van der Waals surface area (Å²) in [6, 6.07) is 18.9. The lowest BCUT2D eigenvalue weighted by atomic mass is 9.97. The molecule has 0 saturated carbocycles. The number of hydrogen-bond acceptors (Lipinski definition) is 5. The Bertz CT molecular complexity index is 1220. The Morgan fingerprint density at radius 1 is 0.839 bits per heavy atom. The van der Waals surface area contributed by atoms with Gasteiger partial charge in [0.05, 0.1) is 12.7 Å². The minimum Gasteiger partial charge on any atom is -0.496 e. The fourth-order valence-electron chi connectivity index (χ4n) is 3.28. The maximum Gasteiger partial charge on any atom is 0.573 e. The first-order valence-electron chi connectivity index (χ1n) is 9.29. The molecule has 0 atom stereocenters. The van der Waals surface area contributed by atoms with Gasteiger partial charge in [0.15, 0.2) is 0 Å². The average Bonchev–Trinajstić information content (AvgIpc) is 3.23. The highest BCUT2D eigenvalue weighted by Crippen LogP contribution is 2.36. The molecule has 0 saturated heterocycles. The van der Waals surface area contributed by atoms with Crippen molar-refractivity contribution >= 4 is 0 Å². The van der Waals surface area contributed by atoms with Crippen LogP contribution in [0.2, 0.25) is 0 Å². The van der Waals surface area contributed by atoms with Crippen LogP contribution in [-0.4, -0.2) is 23.6 Å². The van der Waals surface area contributed by atoms with E-state index < -0.39 is 12.1 Å². The monoisotopic (exact) mass is 426 g/mol. The average molecular weight is 426 g/mol. The number of para-hydroxylation sites is 2. The van der Waals surface area contributed by atoms with Crippen LogP contribution in [0.5, 0.6) is 11.5 Å². The van der Waals surface area contributed by atoms with E-state index in [1.807, 2.05) is 49.4 Å². The smallest absolute Gasteiger partial charge is 0.496 e. The van der Waals surface area contributed by atoms with Crippen molar-refractivity contribution in [2.24, 2.45) is 0 Å². The van der Waals surface area contributed by atoms with Crippen molar-refractivity contribution in [2.75, 3.05) is 7.11 Å². The molecule has 0 aliphatic carbocycles. The first-order valence-corrected chi connectivity index (χ1v) is 9.29. The number of halogens is 3. The molecule has 0 amide bonds.